The summed E-state index contributed by atoms with van der Waals surface area (Å²) in [6.07, 6.45) is 1.32. The van der Waals surface area contributed by atoms with E-state index in [1.165, 1.54) is 6.20 Å². The van der Waals surface area contributed by atoms with E-state index in [0.29, 0.717) is 0 Å². The molecule has 5 heteroatoms. The van der Waals surface area contributed by atoms with E-state index in [4.69, 9.17) is 22.1 Å². The molecule has 1 heterocycles. The van der Waals surface area contributed by atoms with Crippen molar-refractivity contribution in [1.29, 1.82) is 0 Å². The van der Waals surface area contributed by atoms with Gasteiger partial charge in [-0.2, -0.15) is 0 Å². The summed E-state index contributed by atoms with van der Waals surface area (Å²) in [6.45, 7) is 3.75. The fourth-order valence-corrected chi connectivity index (χ4v) is 0.907. The van der Waals surface area contributed by atoms with Crippen molar-refractivity contribution >= 4 is 11.6 Å². The standard InChI is InChI=1S/C9H12ClFN2O/c1-9(2,12)5-14-8-7(11)3-6(10)4-13-8/h3-4H,5,12H2,1-2H3. The quantitative estimate of drug-likeness (QED) is 0.844. The van der Waals surface area contributed by atoms with E-state index in [1.54, 1.807) is 13.8 Å². The highest BCUT2D eigenvalue weighted by molar-refractivity contribution is 6.30. The van der Waals surface area contributed by atoms with Crippen molar-refractivity contribution in [3.63, 3.8) is 0 Å². The van der Waals surface area contributed by atoms with E-state index in [2.05, 4.69) is 4.98 Å². The number of ether oxygens (including phenoxy) is 1. The molecule has 0 aromatic carbocycles. The number of hydrogen-bond acceptors (Lipinski definition) is 3. The number of pyridine rings is 1. The molecule has 1 aromatic heterocycles. The Hall–Kier alpha value is -0.870. The Morgan fingerprint density at radius 1 is 1.64 bits per heavy atom. The second-order valence-electron chi connectivity index (χ2n) is 3.72. The molecule has 0 bridgehead atoms. The number of nitrogens with two attached hydrogens (primary N) is 1. The van der Waals surface area contributed by atoms with Crippen LogP contribution in [-0.4, -0.2) is 17.1 Å². The molecule has 0 atom stereocenters. The Bertz CT molecular complexity index is 325. The maximum Gasteiger partial charge on any atom is 0.250 e. The van der Waals surface area contributed by atoms with E-state index < -0.39 is 11.4 Å². The van der Waals surface area contributed by atoms with Crippen LogP contribution >= 0.6 is 11.6 Å². The SMILES string of the molecule is CC(C)(N)COc1ncc(Cl)cc1F. The van der Waals surface area contributed by atoms with Gasteiger partial charge in [-0.1, -0.05) is 11.6 Å². The van der Waals surface area contributed by atoms with Crippen LogP contribution in [-0.2, 0) is 0 Å². The second kappa shape index (κ2) is 4.11. The van der Waals surface area contributed by atoms with Gasteiger partial charge in [-0.15, -0.1) is 0 Å². The van der Waals surface area contributed by atoms with Crippen LogP contribution in [0.2, 0.25) is 5.02 Å². The zero-order valence-electron chi connectivity index (χ0n) is 8.05. The Kier molecular flexibility index (Phi) is 3.29. The molecule has 0 aliphatic carbocycles. The van der Waals surface area contributed by atoms with Crippen molar-refractivity contribution in [2.45, 2.75) is 19.4 Å². The third-order valence-corrected chi connectivity index (χ3v) is 1.56. The molecular weight excluding hydrogens is 207 g/mol. The molecule has 0 saturated carbocycles. The van der Waals surface area contributed by atoms with Gasteiger partial charge in [-0.05, 0) is 19.9 Å². The van der Waals surface area contributed by atoms with Gasteiger partial charge in [0.25, 0.3) is 5.88 Å². The first-order chi connectivity index (χ1) is 6.38. The summed E-state index contributed by atoms with van der Waals surface area (Å²) in [5.41, 5.74) is 5.14. The molecule has 1 aromatic rings. The molecule has 0 radical (unpaired) electrons. The van der Waals surface area contributed by atoms with Crippen LogP contribution in [0.5, 0.6) is 5.88 Å². The average Bonchev–Trinajstić information content (AvgIpc) is 2.00. The van der Waals surface area contributed by atoms with Gasteiger partial charge in [0.15, 0.2) is 5.82 Å². The highest BCUT2D eigenvalue weighted by Gasteiger charge is 2.14. The lowest BCUT2D eigenvalue weighted by Crippen LogP contribution is -2.38. The number of nitrogens with zero attached hydrogens (tertiary/aromatic N) is 1. The van der Waals surface area contributed by atoms with Crippen LogP contribution in [0.3, 0.4) is 0 Å². The van der Waals surface area contributed by atoms with Crippen molar-refractivity contribution in [2.24, 2.45) is 5.73 Å². The first kappa shape index (κ1) is 11.2. The lowest BCUT2D eigenvalue weighted by molar-refractivity contribution is 0.225. The van der Waals surface area contributed by atoms with Crippen LogP contribution in [0.25, 0.3) is 0 Å². The van der Waals surface area contributed by atoms with Crippen LogP contribution in [0.1, 0.15) is 13.8 Å². The third-order valence-electron chi connectivity index (χ3n) is 1.35. The van der Waals surface area contributed by atoms with Crippen LogP contribution in [0, 0.1) is 5.82 Å². The van der Waals surface area contributed by atoms with Crippen molar-refractivity contribution in [3.05, 3.63) is 23.1 Å². The summed E-state index contributed by atoms with van der Waals surface area (Å²) in [5.74, 6) is -0.658. The molecular formula is C9H12ClFN2O. The zero-order chi connectivity index (χ0) is 10.8. The molecule has 14 heavy (non-hydrogen) atoms. The van der Waals surface area contributed by atoms with E-state index >= 15 is 0 Å². The van der Waals surface area contributed by atoms with E-state index in [0.717, 1.165) is 6.07 Å². The minimum Gasteiger partial charge on any atom is -0.474 e. The first-order valence-electron chi connectivity index (χ1n) is 4.11. The first-order valence-corrected chi connectivity index (χ1v) is 4.49. The Morgan fingerprint density at radius 2 is 2.29 bits per heavy atom. The van der Waals surface area contributed by atoms with E-state index in [1.807, 2.05) is 0 Å². The minimum absolute atomic E-state index is 0.0760. The third kappa shape index (κ3) is 3.47. The van der Waals surface area contributed by atoms with Gasteiger partial charge >= 0.3 is 0 Å². The molecule has 2 N–H and O–H groups in total. The summed E-state index contributed by atoms with van der Waals surface area (Å²) in [4.78, 5) is 3.70. The normalized spacial score (nSPS) is 11.5. The van der Waals surface area contributed by atoms with Crippen molar-refractivity contribution in [3.8, 4) is 5.88 Å². The molecule has 0 fully saturated rings. The second-order valence-corrected chi connectivity index (χ2v) is 4.15. The highest BCUT2D eigenvalue weighted by Crippen LogP contribution is 2.18. The van der Waals surface area contributed by atoms with Crippen LogP contribution in [0.4, 0.5) is 4.39 Å². The summed E-state index contributed by atoms with van der Waals surface area (Å²) in [7, 11) is 0. The van der Waals surface area contributed by atoms with Gasteiger partial charge in [-0.3, -0.25) is 0 Å². The van der Waals surface area contributed by atoms with Gasteiger partial charge in [0.2, 0.25) is 0 Å². The maximum absolute atomic E-state index is 13.1. The predicted octanol–water partition coefficient (Wildman–Crippen LogP) is 1.99. The summed E-state index contributed by atoms with van der Waals surface area (Å²) in [6, 6.07) is 1.15. The average molecular weight is 219 g/mol. The Labute approximate surface area is 87.0 Å². The molecule has 0 saturated heterocycles. The van der Waals surface area contributed by atoms with Gasteiger partial charge in [-0.25, -0.2) is 9.37 Å². The zero-order valence-corrected chi connectivity index (χ0v) is 8.81. The predicted molar refractivity (Wildman–Crippen MR) is 53.0 cm³/mol. The Balaban J connectivity index is 2.68. The van der Waals surface area contributed by atoms with Crippen molar-refractivity contribution in [2.75, 3.05) is 6.61 Å². The Morgan fingerprint density at radius 3 is 2.79 bits per heavy atom. The number of halogens is 2. The van der Waals surface area contributed by atoms with Crippen LogP contribution < -0.4 is 10.5 Å². The van der Waals surface area contributed by atoms with Gasteiger partial charge < -0.3 is 10.5 Å². The smallest absolute Gasteiger partial charge is 0.250 e. The molecule has 0 aliphatic heterocycles. The summed E-state index contributed by atoms with van der Waals surface area (Å²) < 4.78 is 18.2. The molecule has 1 rings (SSSR count). The van der Waals surface area contributed by atoms with Crippen molar-refractivity contribution in [1.82, 2.24) is 4.98 Å². The highest BCUT2D eigenvalue weighted by atomic mass is 35.5. The monoisotopic (exact) mass is 218 g/mol. The van der Waals surface area contributed by atoms with E-state index in [9.17, 15) is 4.39 Å². The summed E-state index contributed by atoms with van der Waals surface area (Å²) in [5, 5.41) is 0.238. The topological polar surface area (TPSA) is 48.1 Å². The number of aromatic nitrogens is 1. The lowest BCUT2D eigenvalue weighted by atomic mass is 10.1. The lowest BCUT2D eigenvalue weighted by Gasteiger charge is -2.18. The van der Waals surface area contributed by atoms with Gasteiger partial charge in [0.1, 0.15) is 6.61 Å². The van der Waals surface area contributed by atoms with Crippen molar-refractivity contribution < 1.29 is 9.13 Å². The molecule has 78 valence electrons. The molecule has 3 nitrogen and oxygen atoms in total. The maximum atomic E-state index is 13.1. The van der Waals surface area contributed by atoms with E-state index in [-0.39, 0.29) is 17.5 Å². The molecule has 0 amide bonds. The van der Waals surface area contributed by atoms with Gasteiger partial charge in [0, 0.05) is 11.7 Å². The molecule has 0 aliphatic rings. The molecule has 0 unspecified atom stereocenters. The largest absolute Gasteiger partial charge is 0.474 e. The number of rotatable bonds is 3. The fourth-order valence-electron chi connectivity index (χ4n) is 0.763. The minimum atomic E-state index is -0.582. The summed E-state index contributed by atoms with van der Waals surface area (Å²) >= 11 is 5.52. The fraction of sp³-hybridized carbons (Fsp3) is 0.444. The number of hydrogen-bond donors (Lipinski definition) is 1. The molecule has 0 spiro atoms. The van der Waals surface area contributed by atoms with Crippen LogP contribution in [0.15, 0.2) is 12.3 Å². The van der Waals surface area contributed by atoms with Gasteiger partial charge in [0.05, 0.1) is 5.02 Å².